The average Bonchev–Trinajstić information content (AvgIpc) is 2.71. The van der Waals surface area contributed by atoms with Crippen LogP contribution in [0.15, 0.2) is 63.8 Å². The van der Waals surface area contributed by atoms with Crippen molar-refractivity contribution < 1.29 is 9.21 Å². The number of amides is 1. The van der Waals surface area contributed by atoms with E-state index < -0.39 is 5.63 Å². The lowest BCUT2D eigenvalue weighted by Crippen LogP contribution is -2.47. The maximum absolute atomic E-state index is 12.3. The topological polar surface area (TPSA) is 77.8 Å². The number of fused-ring (bicyclic) bond motifs is 1. The number of benzene rings is 2. The van der Waals surface area contributed by atoms with E-state index in [0.29, 0.717) is 17.8 Å². The number of hydrogen-bond acceptors (Lipinski definition) is 6. The third-order valence-corrected chi connectivity index (χ3v) is 5.06. The molecular weight excluding hydrogens is 368 g/mol. The number of carbonyl (C=O) groups is 1. The Labute approximate surface area is 168 Å². The van der Waals surface area contributed by atoms with Crippen LogP contribution in [0.5, 0.6) is 0 Å². The monoisotopic (exact) mass is 392 g/mol. The Hall–Kier alpha value is -3.16. The molecule has 0 aliphatic carbocycles. The Morgan fingerprint density at radius 2 is 1.69 bits per heavy atom. The molecule has 4 rings (SSSR count). The van der Waals surface area contributed by atoms with Crippen LogP contribution in [0.2, 0.25) is 0 Å². The van der Waals surface area contributed by atoms with Crippen molar-refractivity contribution in [1.82, 2.24) is 9.80 Å². The minimum absolute atomic E-state index is 0.0121. The minimum atomic E-state index is -0.404. The summed E-state index contributed by atoms with van der Waals surface area (Å²) in [4.78, 5) is 28.5. The van der Waals surface area contributed by atoms with Crippen LogP contribution in [0, 0.1) is 0 Å². The number of rotatable bonds is 5. The lowest BCUT2D eigenvalue weighted by Gasteiger charge is -2.31. The van der Waals surface area contributed by atoms with Gasteiger partial charge in [-0.2, -0.15) is 0 Å². The smallest absolute Gasteiger partial charge is 0.338 e. The molecule has 2 heterocycles. The van der Waals surface area contributed by atoms with Crippen molar-refractivity contribution in [3.05, 3.63) is 65.0 Å². The third kappa shape index (κ3) is 4.82. The van der Waals surface area contributed by atoms with Gasteiger partial charge in [-0.25, -0.2) is 4.79 Å². The normalized spacial score (nSPS) is 15.3. The highest BCUT2D eigenvalue weighted by Gasteiger charge is 2.16. The van der Waals surface area contributed by atoms with Gasteiger partial charge in [0.1, 0.15) is 5.58 Å². The summed E-state index contributed by atoms with van der Waals surface area (Å²) in [6.45, 7) is 4.19. The highest BCUT2D eigenvalue weighted by Crippen LogP contribution is 2.25. The Bertz CT molecular complexity index is 1050. The van der Waals surface area contributed by atoms with Crippen molar-refractivity contribution in [1.29, 1.82) is 0 Å². The number of piperazine rings is 1. The minimum Gasteiger partial charge on any atom is -0.423 e. The predicted octanol–water partition coefficient (Wildman–Crippen LogP) is 2.72. The predicted molar refractivity (Wildman–Crippen MR) is 115 cm³/mol. The van der Waals surface area contributed by atoms with E-state index in [1.165, 1.54) is 6.07 Å². The zero-order valence-electron chi connectivity index (χ0n) is 16.4. The number of para-hydroxylation sites is 1. The molecule has 2 N–H and O–H groups in total. The maximum Gasteiger partial charge on any atom is 0.338 e. The molecule has 1 amide bonds. The van der Waals surface area contributed by atoms with Crippen LogP contribution in [-0.4, -0.2) is 55.5 Å². The molecule has 0 bridgehead atoms. The van der Waals surface area contributed by atoms with Crippen LogP contribution in [0.3, 0.4) is 0 Å². The molecule has 3 aromatic rings. The molecule has 7 nitrogen and oxygen atoms in total. The van der Waals surface area contributed by atoms with Crippen molar-refractivity contribution in [3.63, 3.8) is 0 Å². The Kier molecular flexibility index (Phi) is 5.59. The van der Waals surface area contributed by atoms with Gasteiger partial charge in [-0.1, -0.05) is 12.1 Å². The SMILES string of the molecule is CN1CCN(CC(=O)Nc2ccc(Nc3cc(=O)oc4ccccc34)cc2)CC1. The molecule has 1 aliphatic rings. The van der Waals surface area contributed by atoms with E-state index in [0.717, 1.165) is 42.9 Å². The van der Waals surface area contributed by atoms with Gasteiger partial charge in [0.05, 0.1) is 12.2 Å². The van der Waals surface area contributed by atoms with Crippen LogP contribution in [0.25, 0.3) is 11.0 Å². The van der Waals surface area contributed by atoms with E-state index in [9.17, 15) is 9.59 Å². The molecule has 2 aromatic carbocycles. The van der Waals surface area contributed by atoms with E-state index in [1.807, 2.05) is 42.5 Å². The molecule has 1 saturated heterocycles. The molecule has 29 heavy (non-hydrogen) atoms. The Balaban J connectivity index is 1.40. The number of carbonyl (C=O) groups excluding carboxylic acids is 1. The lowest BCUT2D eigenvalue weighted by atomic mass is 10.2. The van der Waals surface area contributed by atoms with Gasteiger partial charge >= 0.3 is 5.63 Å². The summed E-state index contributed by atoms with van der Waals surface area (Å²) in [6.07, 6.45) is 0. The number of hydrogen-bond donors (Lipinski definition) is 2. The third-order valence-electron chi connectivity index (χ3n) is 5.06. The van der Waals surface area contributed by atoms with Gasteiger partial charge < -0.3 is 20.0 Å². The van der Waals surface area contributed by atoms with Crippen molar-refractivity contribution in [2.75, 3.05) is 50.4 Å². The standard InChI is InChI=1S/C22H24N4O3/c1-25-10-12-26(13-11-25)15-21(27)24-17-8-6-16(7-9-17)23-19-14-22(28)29-20-5-3-2-4-18(19)20/h2-9,14,23H,10-13,15H2,1H3,(H,24,27). The fourth-order valence-electron chi connectivity index (χ4n) is 3.42. The zero-order chi connectivity index (χ0) is 20.2. The lowest BCUT2D eigenvalue weighted by molar-refractivity contribution is -0.117. The Morgan fingerprint density at radius 3 is 2.45 bits per heavy atom. The Morgan fingerprint density at radius 1 is 1.00 bits per heavy atom. The van der Waals surface area contributed by atoms with Gasteiger partial charge in [-0.05, 0) is 43.4 Å². The van der Waals surface area contributed by atoms with Gasteiger partial charge in [-0.15, -0.1) is 0 Å². The number of anilines is 3. The molecule has 1 aromatic heterocycles. The summed E-state index contributed by atoms with van der Waals surface area (Å²) < 4.78 is 5.22. The van der Waals surface area contributed by atoms with Crippen molar-refractivity contribution >= 4 is 33.9 Å². The van der Waals surface area contributed by atoms with Crippen LogP contribution < -0.4 is 16.3 Å². The summed E-state index contributed by atoms with van der Waals surface area (Å²) in [7, 11) is 2.10. The molecule has 1 fully saturated rings. The summed E-state index contributed by atoms with van der Waals surface area (Å²) in [5.41, 5.74) is 2.38. The number of likely N-dealkylation sites (N-methyl/N-ethyl adjacent to an activating group) is 1. The molecule has 7 heteroatoms. The van der Waals surface area contributed by atoms with E-state index in [1.54, 1.807) is 6.07 Å². The fourth-order valence-corrected chi connectivity index (χ4v) is 3.42. The van der Waals surface area contributed by atoms with Crippen LogP contribution in [-0.2, 0) is 4.79 Å². The molecule has 0 spiro atoms. The van der Waals surface area contributed by atoms with E-state index in [2.05, 4.69) is 27.5 Å². The number of nitrogens with zero attached hydrogens (tertiary/aromatic N) is 2. The molecule has 0 unspecified atom stereocenters. The van der Waals surface area contributed by atoms with E-state index in [-0.39, 0.29) is 5.91 Å². The number of nitrogens with one attached hydrogen (secondary N) is 2. The zero-order valence-corrected chi connectivity index (χ0v) is 16.4. The summed E-state index contributed by atoms with van der Waals surface area (Å²) in [5, 5.41) is 7.03. The molecule has 0 radical (unpaired) electrons. The van der Waals surface area contributed by atoms with Crippen LogP contribution >= 0.6 is 0 Å². The second-order valence-corrected chi connectivity index (χ2v) is 7.31. The molecular formula is C22H24N4O3. The molecule has 0 atom stereocenters. The first-order valence-electron chi connectivity index (χ1n) is 9.67. The summed E-state index contributed by atoms with van der Waals surface area (Å²) in [6, 6.07) is 16.3. The fraction of sp³-hybridized carbons (Fsp3) is 0.273. The van der Waals surface area contributed by atoms with Crippen LogP contribution in [0.4, 0.5) is 17.1 Å². The van der Waals surface area contributed by atoms with Crippen molar-refractivity contribution in [3.8, 4) is 0 Å². The second kappa shape index (κ2) is 8.46. The maximum atomic E-state index is 12.3. The van der Waals surface area contributed by atoms with Crippen molar-refractivity contribution in [2.45, 2.75) is 0 Å². The largest absolute Gasteiger partial charge is 0.423 e. The highest BCUT2D eigenvalue weighted by atomic mass is 16.4. The first-order valence-corrected chi connectivity index (χ1v) is 9.67. The highest BCUT2D eigenvalue weighted by molar-refractivity contribution is 5.93. The first kappa shape index (κ1) is 19.2. The second-order valence-electron chi connectivity index (χ2n) is 7.31. The van der Waals surface area contributed by atoms with E-state index >= 15 is 0 Å². The quantitative estimate of drug-likeness (QED) is 0.650. The van der Waals surface area contributed by atoms with Crippen LogP contribution in [0.1, 0.15) is 0 Å². The molecule has 150 valence electrons. The van der Waals surface area contributed by atoms with Gasteiger partial charge in [0.15, 0.2) is 0 Å². The first-order chi connectivity index (χ1) is 14.1. The van der Waals surface area contributed by atoms with Gasteiger partial charge in [0.2, 0.25) is 5.91 Å². The van der Waals surface area contributed by atoms with Gasteiger partial charge in [-0.3, -0.25) is 9.69 Å². The molecule has 0 saturated carbocycles. The molecule has 1 aliphatic heterocycles. The van der Waals surface area contributed by atoms with Gasteiger partial charge in [0, 0.05) is 49.0 Å². The summed E-state index contributed by atoms with van der Waals surface area (Å²) >= 11 is 0. The average molecular weight is 392 g/mol. The van der Waals surface area contributed by atoms with Crippen molar-refractivity contribution in [2.24, 2.45) is 0 Å². The summed E-state index contributed by atoms with van der Waals surface area (Å²) in [5.74, 6) is -0.0121. The van der Waals surface area contributed by atoms with Gasteiger partial charge in [0.25, 0.3) is 0 Å². The van der Waals surface area contributed by atoms with E-state index in [4.69, 9.17) is 4.42 Å².